The third kappa shape index (κ3) is 2.88. The number of hydrogen-bond acceptors (Lipinski definition) is 4. The molecule has 6 nitrogen and oxygen atoms in total. The summed E-state index contributed by atoms with van der Waals surface area (Å²) in [5.74, 6) is 1.13. The Bertz CT molecular complexity index is 705. The number of carbonyl (C=O) groups excluding carboxylic acids is 2. The molecule has 1 aromatic rings. The minimum atomic E-state index is -0.252. The van der Waals surface area contributed by atoms with Gasteiger partial charge in [0, 0.05) is 6.54 Å². The molecule has 1 saturated carbocycles. The Labute approximate surface area is 147 Å². The fourth-order valence-electron chi connectivity index (χ4n) is 4.48. The first-order valence-electron chi connectivity index (χ1n) is 9.17. The number of amides is 2. The highest BCUT2D eigenvalue weighted by Crippen LogP contribution is 2.44. The average Bonchev–Trinajstić information content (AvgIpc) is 3.06. The lowest BCUT2D eigenvalue weighted by Crippen LogP contribution is -2.48. The summed E-state index contributed by atoms with van der Waals surface area (Å²) in [5, 5.41) is 9.45. The summed E-state index contributed by atoms with van der Waals surface area (Å²) in [7, 11) is 0. The van der Waals surface area contributed by atoms with Gasteiger partial charge in [-0.05, 0) is 49.9 Å². The van der Waals surface area contributed by atoms with Crippen molar-refractivity contribution in [3.05, 3.63) is 23.8 Å². The van der Waals surface area contributed by atoms with Gasteiger partial charge in [0.1, 0.15) is 5.75 Å². The molecule has 2 aliphatic heterocycles. The normalized spacial score (nSPS) is 29.0. The Morgan fingerprint density at radius 1 is 1.40 bits per heavy atom. The zero-order chi connectivity index (χ0) is 17.4. The molecule has 2 fully saturated rings. The number of benzene rings is 1. The van der Waals surface area contributed by atoms with Gasteiger partial charge in [-0.25, -0.2) is 0 Å². The van der Waals surface area contributed by atoms with Crippen LogP contribution in [0.25, 0.3) is 0 Å². The molecule has 3 atom stereocenters. The summed E-state index contributed by atoms with van der Waals surface area (Å²) in [4.78, 5) is 24.6. The number of nitrogens with one attached hydrogen (secondary N) is 3. The van der Waals surface area contributed by atoms with Crippen molar-refractivity contribution in [3.63, 3.8) is 0 Å². The minimum absolute atomic E-state index is 0.0511. The van der Waals surface area contributed by atoms with Crippen molar-refractivity contribution in [3.8, 4) is 5.75 Å². The Hall–Kier alpha value is -2.08. The highest BCUT2D eigenvalue weighted by molar-refractivity contribution is 5.95. The minimum Gasteiger partial charge on any atom is -0.482 e. The molecule has 4 rings (SSSR count). The van der Waals surface area contributed by atoms with Crippen LogP contribution in [0.4, 0.5) is 5.69 Å². The fourth-order valence-corrected chi connectivity index (χ4v) is 4.48. The molecule has 3 aliphatic rings. The van der Waals surface area contributed by atoms with Crippen molar-refractivity contribution in [2.24, 2.45) is 11.3 Å². The first-order chi connectivity index (χ1) is 12.1. The number of carbonyl (C=O) groups is 2. The van der Waals surface area contributed by atoms with Crippen LogP contribution in [-0.4, -0.2) is 31.5 Å². The van der Waals surface area contributed by atoms with Crippen LogP contribution in [0.3, 0.4) is 0 Å². The fraction of sp³-hybridized carbons (Fsp3) is 0.579. The van der Waals surface area contributed by atoms with Gasteiger partial charge >= 0.3 is 0 Å². The zero-order valence-electron chi connectivity index (χ0n) is 14.6. The second-order valence-electron chi connectivity index (χ2n) is 7.52. The lowest BCUT2D eigenvalue weighted by molar-refractivity contribution is -0.134. The van der Waals surface area contributed by atoms with E-state index in [0.29, 0.717) is 17.4 Å². The van der Waals surface area contributed by atoms with E-state index in [2.05, 4.69) is 16.0 Å². The van der Waals surface area contributed by atoms with Gasteiger partial charge in [0.15, 0.2) is 6.61 Å². The van der Waals surface area contributed by atoms with Gasteiger partial charge in [0.05, 0.1) is 17.1 Å². The van der Waals surface area contributed by atoms with E-state index in [1.54, 1.807) is 0 Å². The molecule has 0 bridgehead atoms. The van der Waals surface area contributed by atoms with Crippen LogP contribution in [0.2, 0.25) is 0 Å². The maximum atomic E-state index is 13.1. The summed E-state index contributed by atoms with van der Waals surface area (Å²) in [6.45, 7) is 3.77. The van der Waals surface area contributed by atoms with Gasteiger partial charge in [-0.2, -0.15) is 0 Å². The van der Waals surface area contributed by atoms with E-state index in [4.69, 9.17) is 4.74 Å². The van der Waals surface area contributed by atoms with Crippen molar-refractivity contribution >= 4 is 17.5 Å². The Morgan fingerprint density at radius 3 is 3.16 bits per heavy atom. The van der Waals surface area contributed by atoms with E-state index in [1.165, 1.54) is 6.42 Å². The summed E-state index contributed by atoms with van der Waals surface area (Å²) in [6.07, 6.45) is 4.46. The molecule has 0 radical (unpaired) electrons. The molecular weight excluding hydrogens is 318 g/mol. The Kier molecular flexibility index (Phi) is 4.15. The van der Waals surface area contributed by atoms with Crippen LogP contribution in [-0.2, 0) is 9.59 Å². The lowest BCUT2D eigenvalue weighted by atomic mass is 9.67. The molecule has 2 amide bonds. The molecule has 134 valence electrons. The molecule has 1 unspecified atom stereocenters. The van der Waals surface area contributed by atoms with E-state index in [-0.39, 0.29) is 29.9 Å². The Morgan fingerprint density at radius 2 is 2.28 bits per heavy atom. The van der Waals surface area contributed by atoms with Crippen molar-refractivity contribution in [2.45, 2.75) is 38.6 Å². The van der Waals surface area contributed by atoms with E-state index >= 15 is 0 Å². The number of ether oxygens (including phenoxy) is 1. The SMILES string of the molecule is CC(NC(=O)[C@@]12CCCC[C@H]1CNC2)c1ccc2c(c1)NC(=O)CO2. The summed E-state index contributed by atoms with van der Waals surface area (Å²) < 4.78 is 5.39. The molecule has 6 heteroatoms. The van der Waals surface area contributed by atoms with E-state index in [0.717, 1.165) is 37.9 Å². The van der Waals surface area contributed by atoms with E-state index in [9.17, 15) is 9.59 Å². The topological polar surface area (TPSA) is 79.5 Å². The van der Waals surface area contributed by atoms with Crippen LogP contribution in [0.5, 0.6) is 5.75 Å². The maximum Gasteiger partial charge on any atom is 0.262 e. The van der Waals surface area contributed by atoms with Gasteiger partial charge < -0.3 is 20.7 Å². The van der Waals surface area contributed by atoms with Gasteiger partial charge in [-0.3, -0.25) is 9.59 Å². The average molecular weight is 343 g/mol. The first-order valence-corrected chi connectivity index (χ1v) is 9.17. The van der Waals surface area contributed by atoms with E-state index < -0.39 is 0 Å². The molecule has 2 heterocycles. The lowest BCUT2D eigenvalue weighted by Gasteiger charge is -2.38. The smallest absolute Gasteiger partial charge is 0.262 e. The van der Waals surface area contributed by atoms with Crippen LogP contribution in [0.1, 0.15) is 44.2 Å². The van der Waals surface area contributed by atoms with Gasteiger partial charge in [-0.15, -0.1) is 0 Å². The number of anilines is 1. The molecule has 0 spiro atoms. The Balaban J connectivity index is 1.50. The monoisotopic (exact) mass is 343 g/mol. The second kappa shape index (κ2) is 6.33. The molecule has 0 aromatic heterocycles. The van der Waals surface area contributed by atoms with Crippen molar-refractivity contribution in [1.82, 2.24) is 10.6 Å². The van der Waals surface area contributed by atoms with Crippen molar-refractivity contribution in [1.29, 1.82) is 0 Å². The third-order valence-corrected chi connectivity index (χ3v) is 5.97. The van der Waals surface area contributed by atoms with Crippen molar-refractivity contribution < 1.29 is 14.3 Å². The number of fused-ring (bicyclic) bond motifs is 2. The highest BCUT2D eigenvalue weighted by Gasteiger charge is 2.50. The third-order valence-electron chi connectivity index (χ3n) is 5.97. The molecule has 1 saturated heterocycles. The number of rotatable bonds is 3. The van der Waals surface area contributed by atoms with Gasteiger partial charge in [-0.1, -0.05) is 18.9 Å². The molecule has 25 heavy (non-hydrogen) atoms. The first kappa shape index (κ1) is 16.4. The quantitative estimate of drug-likeness (QED) is 0.784. The number of hydrogen-bond donors (Lipinski definition) is 3. The van der Waals surface area contributed by atoms with Crippen LogP contribution in [0, 0.1) is 11.3 Å². The van der Waals surface area contributed by atoms with Crippen LogP contribution >= 0.6 is 0 Å². The molecule has 1 aromatic carbocycles. The second-order valence-corrected chi connectivity index (χ2v) is 7.52. The van der Waals surface area contributed by atoms with Gasteiger partial charge in [0.25, 0.3) is 5.91 Å². The summed E-state index contributed by atoms with van der Waals surface area (Å²) in [6, 6.07) is 5.57. The predicted molar refractivity (Wildman–Crippen MR) is 94.4 cm³/mol. The predicted octanol–water partition coefficient (Wildman–Crippen LogP) is 1.97. The summed E-state index contributed by atoms with van der Waals surface area (Å²) >= 11 is 0. The van der Waals surface area contributed by atoms with Gasteiger partial charge in [0.2, 0.25) is 5.91 Å². The zero-order valence-corrected chi connectivity index (χ0v) is 14.6. The maximum absolute atomic E-state index is 13.1. The largest absolute Gasteiger partial charge is 0.482 e. The molecule has 3 N–H and O–H groups in total. The highest BCUT2D eigenvalue weighted by atomic mass is 16.5. The van der Waals surface area contributed by atoms with Crippen molar-refractivity contribution in [2.75, 3.05) is 25.0 Å². The molecular formula is C19H25N3O3. The van der Waals surface area contributed by atoms with E-state index in [1.807, 2.05) is 25.1 Å². The van der Waals surface area contributed by atoms with Crippen LogP contribution in [0.15, 0.2) is 18.2 Å². The molecule has 1 aliphatic carbocycles. The standard InChI is InChI=1S/C19H25N3O3/c1-12(13-5-6-16-15(8-13)22-17(23)10-25-16)21-18(24)19-7-3-2-4-14(19)9-20-11-19/h5-6,8,12,14,20H,2-4,7,9-11H2,1H3,(H,21,24)(H,22,23)/t12?,14-,19+/m0/s1. The summed E-state index contributed by atoms with van der Waals surface area (Å²) in [5.41, 5.74) is 1.39. The van der Waals surface area contributed by atoms with Crippen LogP contribution < -0.4 is 20.7 Å².